The molecule has 0 N–H and O–H groups in total. The SMILES string of the molecule is CCCCC/C=C\C/C=C\C/C=C\CCCCCCC(=O)OC[C@H](COP(=O)([O-])OCC[N+](C)(C)C)OC(=O)CCCCCCC/C=C\CCCCCC. The highest BCUT2D eigenvalue weighted by Gasteiger charge is 2.21. The predicted octanol–water partition coefficient (Wildman–Crippen LogP) is 11.3. The minimum atomic E-state index is -4.63. The Morgan fingerprint density at radius 2 is 1.00 bits per heavy atom. The van der Waals surface area contributed by atoms with Crippen molar-refractivity contribution in [3.05, 3.63) is 48.6 Å². The second-order valence-corrected chi connectivity index (χ2v) is 16.8. The van der Waals surface area contributed by atoms with Crippen LogP contribution in [0.4, 0.5) is 0 Å². The zero-order chi connectivity index (χ0) is 40.0. The number of hydrogen-bond acceptors (Lipinski definition) is 8. The molecule has 0 aliphatic carbocycles. The summed E-state index contributed by atoms with van der Waals surface area (Å²) < 4.78 is 33.8. The van der Waals surface area contributed by atoms with E-state index in [4.69, 9.17) is 18.5 Å². The molecule has 314 valence electrons. The summed E-state index contributed by atoms with van der Waals surface area (Å²) in [7, 11) is 1.14. The Bertz CT molecular complexity index is 1070. The first kappa shape index (κ1) is 52.0. The monoisotopic (exact) mass is 782 g/mol. The molecule has 0 aromatic rings. The molecule has 0 saturated heterocycles. The highest BCUT2D eigenvalue weighted by molar-refractivity contribution is 7.45. The maximum absolute atomic E-state index is 12.6. The molecule has 1 unspecified atom stereocenters. The molecule has 0 radical (unpaired) electrons. The molecule has 0 aromatic heterocycles. The van der Waals surface area contributed by atoms with Crippen molar-refractivity contribution in [1.29, 1.82) is 0 Å². The summed E-state index contributed by atoms with van der Waals surface area (Å²) >= 11 is 0. The van der Waals surface area contributed by atoms with Crippen LogP contribution in [0.1, 0.15) is 168 Å². The van der Waals surface area contributed by atoms with Crippen molar-refractivity contribution in [3.63, 3.8) is 0 Å². The number of nitrogens with zero attached hydrogens (tertiary/aromatic N) is 1. The molecule has 0 fully saturated rings. The van der Waals surface area contributed by atoms with Crippen molar-refractivity contribution in [2.45, 2.75) is 174 Å². The van der Waals surface area contributed by atoms with Gasteiger partial charge in [0.25, 0.3) is 7.82 Å². The van der Waals surface area contributed by atoms with Crippen LogP contribution in [0.15, 0.2) is 48.6 Å². The number of likely N-dealkylation sites (N-methyl/N-ethyl adjacent to an activating group) is 1. The van der Waals surface area contributed by atoms with Crippen LogP contribution in [0.3, 0.4) is 0 Å². The third kappa shape index (κ3) is 39.7. The average molecular weight is 782 g/mol. The van der Waals surface area contributed by atoms with Gasteiger partial charge in [0.05, 0.1) is 27.7 Å². The normalized spacial score (nSPS) is 14.1. The van der Waals surface area contributed by atoms with Gasteiger partial charge in [0.1, 0.15) is 19.8 Å². The van der Waals surface area contributed by atoms with Crippen LogP contribution in [0.25, 0.3) is 0 Å². The van der Waals surface area contributed by atoms with Gasteiger partial charge in [-0.25, -0.2) is 0 Å². The molecule has 0 saturated carbocycles. The molecule has 2 atom stereocenters. The van der Waals surface area contributed by atoms with E-state index in [1.165, 1.54) is 57.8 Å². The van der Waals surface area contributed by atoms with Crippen molar-refractivity contribution in [3.8, 4) is 0 Å². The van der Waals surface area contributed by atoms with Crippen LogP contribution in [-0.4, -0.2) is 70.0 Å². The fourth-order valence-corrected chi connectivity index (χ4v) is 6.15. The van der Waals surface area contributed by atoms with E-state index in [1.807, 2.05) is 21.1 Å². The van der Waals surface area contributed by atoms with Crippen molar-refractivity contribution in [2.75, 3.05) is 47.5 Å². The Hall–Kier alpha value is -2.03. The molecule has 0 spiro atoms. The van der Waals surface area contributed by atoms with Gasteiger partial charge in [-0.05, 0) is 77.0 Å². The third-order valence-electron chi connectivity index (χ3n) is 8.82. The Morgan fingerprint density at radius 1 is 0.574 bits per heavy atom. The van der Waals surface area contributed by atoms with Gasteiger partial charge in [-0.15, -0.1) is 0 Å². The number of hydrogen-bond donors (Lipinski definition) is 0. The summed E-state index contributed by atoms with van der Waals surface area (Å²) in [5, 5.41) is 0. The molecule has 54 heavy (non-hydrogen) atoms. The lowest BCUT2D eigenvalue weighted by Crippen LogP contribution is -2.37. The van der Waals surface area contributed by atoms with Gasteiger partial charge in [0.15, 0.2) is 6.10 Å². The molecular formula is C44H80NO8P. The second-order valence-electron chi connectivity index (χ2n) is 15.3. The number of carbonyl (C=O) groups excluding carboxylic acids is 2. The molecular weight excluding hydrogens is 701 g/mol. The lowest BCUT2D eigenvalue weighted by Gasteiger charge is -2.28. The number of allylic oxidation sites excluding steroid dienone is 8. The smallest absolute Gasteiger partial charge is 0.306 e. The summed E-state index contributed by atoms with van der Waals surface area (Å²) in [5.41, 5.74) is 0. The van der Waals surface area contributed by atoms with E-state index in [9.17, 15) is 19.0 Å². The van der Waals surface area contributed by atoms with Gasteiger partial charge >= 0.3 is 11.9 Å². The molecule has 0 heterocycles. The third-order valence-corrected chi connectivity index (χ3v) is 9.79. The zero-order valence-electron chi connectivity index (χ0n) is 35.2. The maximum Gasteiger partial charge on any atom is 0.306 e. The molecule has 10 heteroatoms. The standard InChI is InChI=1S/C44H80NO8P/c1-6-8-10-12-14-16-18-20-21-22-23-25-26-28-30-32-34-36-43(46)50-40-42(41-52-54(48,49)51-39-38-45(3,4)5)53-44(47)37-35-33-31-29-27-24-19-17-15-13-11-9-7-2/h14,16-17,19-21,23,25,42H,6-13,15,18,22,24,26-41H2,1-5H3/b16-14-,19-17-,21-20-,25-23-/t42-/m1/s1. The summed E-state index contributed by atoms with van der Waals surface area (Å²) in [6.45, 7) is 4.13. The van der Waals surface area contributed by atoms with Crippen LogP contribution >= 0.6 is 7.82 Å². The fourth-order valence-electron chi connectivity index (χ4n) is 5.42. The summed E-state index contributed by atoms with van der Waals surface area (Å²) in [5.74, 6) is -0.873. The van der Waals surface area contributed by atoms with Crippen LogP contribution in [0.5, 0.6) is 0 Å². The number of phosphoric ester groups is 1. The highest BCUT2D eigenvalue weighted by atomic mass is 31.2. The largest absolute Gasteiger partial charge is 0.756 e. The number of phosphoric acid groups is 1. The van der Waals surface area contributed by atoms with Crippen LogP contribution in [0.2, 0.25) is 0 Å². The lowest BCUT2D eigenvalue weighted by atomic mass is 10.1. The number of carbonyl (C=O) groups is 2. The zero-order valence-corrected chi connectivity index (χ0v) is 36.0. The second kappa shape index (κ2) is 36.6. The molecule has 0 aromatic carbocycles. The first-order valence-electron chi connectivity index (χ1n) is 21.3. The number of rotatable bonds is 38. The summed E-state index contributed by atoms with van der Waals surface area (Å²) in [4.78, 5) is 37.5. The Morgan fingerprint density at radius 3 is 1.54 bits per heavy atom. The Balaban J connectivity index is 4.43. The van der Waals surface area contributed by atoms with E-state index in [0.717, 1.165) is 70.6 Å². The first-order valence-corrected chi connectivity index (χ1v) is 22.8. The molecule has 0 rings (SSSR count). The van der Waals surface area contributed by atoms with E-state index in [0.29, 0.717) is 23.9 Å². The molecule has 0 amide bonds. The van der Waals surface area contributed by atoms with E-state index < -0.39 is 32.5 Å². The predicted molar refractivity (Wildman–Crippen MR) is 222 cm³/mol. The fraction of sp³-hybridized carbons (Fsp3) is 0.773. The van der Waals surface area contributed by atoms with Gasteiger partial charge in [0, 0.05) is 12.8 Å². The van der Waals surface area contributed by atoms with E-state index in [-0.39, 0.29) is 26.1 Å². The van der Waals surface area contributed by atoms with Gasteiger partial charge in [-0.2, -0.15) is 0 Å². The van der Waals surface area contributed by atoms with E-state index in [2.05, 4.69) is 62.5 Å². The number of ether oxygens (including phenoxy) is 2. The van der Waals surface area contributed by atoms with E-state index in [1.54, 1.807) is 0 Å². The van der Waals surface area contributed by atoms with Crippen LogP contribution < -0.4 is 4.89 Å². The minimum absolute atomic E-state index is 0.0377. The van der Waals surface area contributed by atoms with Gasteiger partial charge in [0.2, 0.25) is 0 Å². The van der Waals surface area contributed by atoms with Crippen molar-refractivity contribution >= 4 is 19.8 Å². The quantitative estimate of drug-likeness (QED) is 0.0200. The molecule has 0 aliphatic heterocycles. The Kier molecular flexibility index (Phi) is 35.2. The molecule has 0 bridgehead atoms. The van der Waals surface area contributed by atoms with Crippen molar-refractivity contribution in [2.24, 2.45) is 0 Å². The lowest BCUT2D eigenvalue weighted by molar-refractivity contribution is -0.870. The topological polar surface area (TPSA) is 111 Å². The van der Waals surface area contributed by atoms with Gasteiger partial charge in [-0.1, -0.05) is 127 Å². The first-order chi connectivity index (χ1) is 26.0. The van der Waals surface area contributed by atoms with Crippen molar-refractivity contribution in [1.82, 2.24) is 0 Å². The highest BCUT2D eigenvalue weighted by Crippen LogP contribution is 2.38. The number of unbranched alkanes of at least 4 members (excludes halogenated alkanes) is 16. The van der Waals surface area contributed by atoms with Gasteiger partial charge < -0.3 is 27.9 Å². The number of esters is 2. The van der Waals surface area contributed by atoms with Crippen LogP contribution in [-0.2, 0) is 32.7 Å². The minimum Gasteiger partial charge on any atom is -0.756 e. The Labute approximate surface area is 331 Å². The average Bonchev–Trinajstić information content (AvgIpc) is 3.12. The maximum atomic E-state index is 12.6. The molecule has 9 nitrogen and oxygen atoms in total. The number of quaternary nitrogens is 1. The summed E-state index contributed by atoms with van der Waals surface area (Å²) in [6.07, 6.45) is 41.3. The van der Waals surface area contributed by atoms with E-state index >= 15 is 0 Å². The van der Waals surface area contributed by atoms with Gasteiger partial charge in [-0.3, -0.25) is 14.2 Å². The van der Waals surface area contributed by atoms with Crippen LogP contribution in [0, 0.1) is 0 Å². The summed E-state index contributed by atoms with van der Waals surface area (Å²) in [6, 6.07) is 0. The molecule has 0 aliphatic rings. The van der Waals surface area contributed by atoms with Crippen molar-refractivity contribution < 1.29 is 42.1 Å².